The predicted molar refractivity (Wildman–Crippen MR) is 135 cm³/mol. The lowest BCUT2D eigenvalue weighted by atomic mass is 10.1. The molecule has 0 atom stereocenters. The van der Waals surface area contributed by atoms with Crippen molar-refractivity contribution >= 4 is 40.9 Å². The number of hydrogen-bond acceptors (Lipinski definition) is 6. The number of nitrogens with zero attached hydrogens (tertiary/aromatic N) is 4. The first-order valence-corrected chi connectivity index (χ1v) is 12.7. The first-order valence-electron chi connectivity index (χ1n) is 11.7. The van der Waals surface area contributed by atoms with Crippen LogP contribution in [-0.4, -0.2) is 45.4 Å². The summed E-state index contributed by atoms with van der Waals surface area (Å²) in [6, 6.07) is 15.1. The number of hydrogen-bond donors (Lipinski definition) is 2. The highest BCUT2D eigenvalue weighted by atomic mass is 32.2. The molecule has 1 aliphatic heterocycles. The molecule has 0 radical (unpaired) electrons. The lowest BCUT2D eigenvalue weighted by Gasteiger charge is -2.18. The van der Waals surface area contributed by atoms with Crippen LogP contribution in [0.4, 0.5) is 17.3 Å². The lowest BCUT2D eigenvalue weighted by Crippen LogP contribution is -2.22. The predicted octanol–water partition coefficient (Wildman–Crippen LogP) is 4.50. The van der Waals surface area contributed by atoms with Crippen LogP contribution in [0.1, 0.15) is 47.6 Å². The van der Waals surface area contributed by atoms with Gasteiger partial charge in [0.15, 0.2) is 5.16 Å². The highest BCUT2D eigenvalue weighted by molar-refractivity contribution is 7.99. The molecule has 2 aromatic carbocycles. The fourth-order valence-electron chi connectivity index (χ4n) is 4.18. The van der Waals surface area contributed by atoms with Gasteiger partial charge in [-0.25, -0.2) is 0 Å². The molecule has 2 heterocycles. The van der Waals surface area contributed by atoms with Gasteiger partial charge in [0.25, 0.3) is 5.91 Å². The number of thioether (sulfide) groups is 1. The van der Waals surface area contributed by atoms with Gasteiger partial charge in [-0.1, -0.05) is 36.0 Å². The van der Waals surface area contributed by atoms with Gasteiger partial charge in [0.05, 0.1) is 17.0 Å². The van der Waals surface area contributed by atoms with Gasteiger partial charge in [-0.3, -0.25) is 14.2 Å². The van der Waals surface area contributed by atoms with E-state index < -0.39 is 0 Å². The summed E-state index contributed by atoms with van der Waals surface area (Å²) in [5.41, 5.74) is 2.68. The van der Waals surface area contributed by atoms with Crippen LogP contribution in [0.3, 0.4) is 0 Å². The van der Waals surface area contributed by atoms with E-state index in [4.69, 9.17) is 0 Å². The molecular weight excluding hydrogens is 448 g/mol. The van der Waals surface area contributed by atoms with E-state index in [2.05, 4.69) is 30.3 Å². The molecule has 5 rings (SSSR count). The second-order valence-electron chi connectivity index (χ2n) is 8.78. The highest BCUT2D eigenvalue weighted by Crippen LogP contribution is 2.41. The monoisotopic (exact) mass is 476 g/mol. The minimum atomic E-state index is -0.266. The molecule has 1 aromatic heterocycles. The summed E-state index contributed by atoms with van der Waals surface area (Å²) >= 11 is 1.39. The zero-order valence-corrected chi connectivity index (χ0v) is 20.0. The number of nitrogens with one attached hydrogen (secondary N) is 2. The Balaban J connectivity index is 1.24. The smallest absolute Gasteiger partial charge is 0.257 e. The molecule has 8 nitrogen and oxygen atoms in total. The maximum atomic E-state index is 12.9. The number of carbonyl (C=O) groups excluding carboxylic acids is 2. The number of aromatic nitrogens is 3. The number of benzene rings is 2. The third kappa shape index (κ3) is 5.09. The summed E-state index contributed by atoms with van der Waals surface area (Å²) in [5, 5.41) is 15.4. The molecule has 1 saturated carbocycles. The summed E-state index contributed by atoms with van der Waals surface area (Å²) in [7, 11) is 0. The third-order valence-electron chi connectivity index (χ3n) is 6.00. The molecule has 2 N–H and O–H groups in total. The maximum Gasteiger partial charge on any atom is 0.257 e. The van der Waals surface area contributed by atoms with Crippen molar-refractivity contribution in [3.63, 3.8) is 0 Å². The Morgan fingerprint density at radius 2 is 1.82 bits per heavy atom. The van der Waals surface area contributed by atoms with Gasteiger partial charge in [0.2, 0.25) is 11.9 Å². The Bertz CT molecular complexity index is 1200. The highest BCUT2D eigenvalue weighted by Gasteiger charge is 2.32. The molecule has 1 aliphatic carbocycles. The fourth-order valence-corrected chi connectivity index (χ4v) is 4.98. The quantitative estimate of drug-likeness (QED) is 0.465. The Labute approximate surface area is 203 Å². The number of rotatable bonds is 8. The van der Waals surface area contributed by atoms with Crippen molar-refractivity contribution in [1.29, 1.82) is 0 Å². The number of para-hydroxylation sites is 1. The molecule has 2 amide bonds. The zero-order valence-electron chi connectivity index (χ0n) is 19.2. The minimum Gasteiger partial charge on any atom is -0.341 e. The van der Waals surface area contributed by atoms with Crippen molar-refractivity contribution in [2.75, 3.05) is 34.4 Å². The van der Waals surface area contributed by atoms with Gasteiger partial charge in [-0.15, -0.1) is 10.2 Å². The first kappa shape index (κ1) is 22.5. The number of amides is 2. The Morgan fingerprint density at radius 3 is 2.59 bits per heavy atom. The van der Waals surface area contributed by atoms with E-state index in [1.807, 2.05) is 31.2 Å². The SMILES string of the molecule is Cc1cccc(NC(=O)c2ccccc2NC(=O)CSc2nnc(N3CCCC3)n2C2CC2)c1. The van der Waals surface area contributed by atoms with E-state index in [0.717, 1.165) is 48.3 Å². The Hall–Kier alpha value is -3.33. The zero-order chi connectivity index (χ0) is 23.5. The summed E-state index contributed by atoms with van der Waals surface area (Å²) in [6.45, 7) is 3.99. The van der Waals surface area contributed by atoms with Crippen molar-refractivity contribution in [3.05, 3.63) is 59.7 Å². The van der Waals surface area contributed by atoms with Crippen LogP contribution in [0.2, 0.25) is 0 Å². The summed E-state index contributed by atoms with van der Waals surface area (Å²) < 4.78 is 2.20. The molecule has 1 saturated heterocycles. The molecule has 3 aromatic rings. The van der Waals surface area contributed by atoms with Gasteiger partial charge in [0, 0.05) is 24.8 Å². The largest absolute Gasteiger partial charge is 0.341 e. The topological polar surface area (TPSA) is 92.2 Å². The van der Waals surface area contributed by atoms with Crippen LogP contribution >= 0.6 is 11.8 Å². The molecule has 34 heavy (non-hydrogen) atoms. The van der Waals surface area contributed by atoms with Crippen LogP contribution in [0.5, 0.6) is 0 Å². The summed E-state index contributed by atoms with van der Waals surface area (Å²) in [4.78, 5) is 28.0. The van der Waals surface area contributed by atoms with Crippen molar-refractivity contribution in [2.45, 2.75) is 43.8 Å². The maximum absolute atomic E-state index is 12.9. The number of anilines is 3. The molecule has 0 unspecified atom stereocenters. The molecule has 176 valence electrons. The van der Waals surface area contributed by atoms with Crippen molar-refractivity contribution in [2.24, 2.45) is 0 Å². The molecular formula is C25H28N6O2S. The van der Waals surface area contributed by atoms with E-state index in [1.165, 1.54) is 24.6 Å². The second kappa shape index (κ2) is 9.89. The van der Waals surface area contributed by atoms with E-state index in [0.29, 0.717) is 17.3 Å². The van der Waals surface area contributed by atoms with Gasteiger partial charge in [0.1, 0.15) is 0 Å². The minimum absolute atomic E-state index is 0.186. The van der Waals surface area contributed by atoms with Crippen LogP contribution in [0.15, 0.2) is 53.7 Å². The van der Waals surface area contributed by atoms with Gasteiger partial charge in [-0.05, 0) is 62.4 Å². The number of aryl methyl sites for hydroxylation is 1. The van der Waals surface area contributed by atoms with E-state index in [-0.39, 0.29) is 17.6 Å². The van der Waals surface area contributed by atoms with Crippen LogP contribution in [-0.2, 0) is 4.79 Å². The normalized spacial score (nSPS) is 15.4. The number of carbonyl (C=O) groups is 2. The Morgan fingerprint density at radius 1 is 1.03 bits per heavy atom. The van der Waals surface area contributed by atoms with Crippen LogP contribution in [0.25, 0.3) is 0 Å². The van der Waals surface area contributed by atoms with Crippen molar-refractivity contribution in [1.82, 2.24) is 14.8 Å². The third-order valence-corrected chi connectivity index (χ3v) is 6.94. The summed E-state index contributed by atoms with van der Waals surface area (Å²) in [6.07, 6.45) is 4.61. The van der Waals surface area contributed by atoms with Gasteiger partial charge >= 0.3 is 0 Å². The van der Waals surface area contributed by atoms with E-state index >= 15 is 0 Å². The van der Waals surface area contributed by atoms with Crippen molar-refractivity contribution < 1.29 is 9.59 Å². The lowest BCUT2D eigenvalue weighted by molar-refractivity contribution is -0.113. The van der Waals surface area contributed by atoms with Crippen LogP contribution in [0, 0.1) is 6.92 Å². The average Bonchev–Trinajstić information content (AvgIpc) is 3.34. The van der Waals surface area contributed by atoms with E-state index in [1.54, 1.807) is 24.3 Å². The van der Waals surface area contributed by atoms with Crippen molar-refractivity contribution in [3.8, 4) is 0 Å². The molecule has 0 spiro atoms. The molecule has 9 heteroatoms. The standard InChI is InChI=1S/C25H28N6O2S/c1-17-7-6-8-18(15-17)26-23(33)20-9-2-3-10-21(20)27-22(32)16-34-25-29-28-24(30-13-4-5-14-30)31(25)19-11-12-19/h2-3,6-10,15,19H,4-5,11-14,16H2,1H3,(H,26,33)(H,27,32). The molecule has 0 bridgehead atoms. The van der Waals surface area contributed by atoms with Crippen LogP contribution < -0.4 is 15.5 Å². The van der Waals surface area contributed by atoms with Gasteiger partial charge < -0.3 is 15.5 Å². The van der Waals surface area contributed by atoms with Gasteiger partial charge in [-0.2, -0.15) is 0 Å². The average molecular weight is 477 g/mol. The second-order valence-corrected chi connectivity index (χ2v) is 9.73. The Kier molecular flexibility index (Phi) is 6.53. The molecule has 2 fully saturated rings. The fraction of sp³-hybridized carbons (Fsp3) is 0.360. The first-order chi connectivity index (χ1) is 16.6. The molecule has 2 aliphatic rings. The summed E-state index contributed by atoms with van der Waals surface area (Å²) in [5.74, 6) is 0.673. The van der Waals surface area contributed by atoms with E-state index in [9.17, 15) is 9.59 Å².